The van der Waals surface area contributed by atoms with Crippen LogP contribution in [0.4, 0.5) is 17.1 Å². The highest BCUT2D eigenvalue weighted by molar-refractivity contribution is 5.98. The molecule has 0 aromatic heterocycles. The van der Waals surface area contributed by atoms with E-state index in [9.17, 15) is 0 Å². The van der Waals surface area contributed by atoms with Crippen LogP contribution >= 0.6 is 0 Å². The summed E-state index contributed by atoms with van der Waals surface area (Å²) in [4.78, 5) is 2.59. The fourth-order valence-electron chi connectivity index (χ4n) is 11.9. The molecule has 0 saturated heterocycles. The van der Waals surface area contributed by atoms with Gasteiger partial charge in [0, 0.05) is 27.8 Å². The van der Waals surface area contributed by atoms with Crippen LogP contribution in [0.3, 0.4) is 0 Å². The minimum Gasteiger partial charge on any atom is -0.310 e. The van der Waals surface area contributed by atoms with Gasteiger partial charge in [-0.1, -0.05) is 111 Å². The van der Waals surface area contributed by atoms with Crippen LogP contribution in [0.15, 0.2) is 127 Å². The van der Waals surface area contributed by atoms with Gasteiger partial charge in [0.1, 0.15) is 0 Å². The lowest BCUT2D eigenvalue weighted by Gasteiger charge is -2.61. The number of rotatable bonds is 3. The Morgan fingerprint density at radius 3 is 1.88 bits per heavy atom. The van der Waals surface area contributed by atoms with Crippen LogP contribution in [0, 0.1) is 23.7 Å². The summed E-state index contributed by atoms with van der Waals surface area (Å²) in [6.45, 7) is 4.79. The van der Waals surface area contributed by atoms with Crippen molar-refractivity contribution in [2.75, 3.05) is 4.90 Å². The SMILES string of the molecule is CC1(C)c2ccccc2-c2ccc(N(c3ccc4ccccc4c3)c3cccc4c3-c3ccccc3C43C4CC5CC(C4)CC3C5)cc21. The summed E-state index contributed by atoms with van der Waals surface area (Å²) in [5, 5.41) is 2.56. The molecule has 0 atom stereocenters. The van der Waals surface area contributed by atoms with Gasteiger partial charge >= 0.3 is 0 Å². The van der Waals surface area contributed by atoms with Crippen LogP contribution in [0.2, 0.25) is 0 Å². The summed E-state index contributed by atoms with van der Waals surface area (Å²) in [7, 11) is 0. The second kappa shape index (κ2) is 9.50. The van der Waals surface area contributed by atoms with Crippen LogP contribution in [0.25, 0.3) is 33.0 Å². The summed E-state index contributed by atoms with van der Waals surface area (Å²) < 4.78 is 0. The summed E-state index contributed by atoms with van der Waals surface area (Å²) in [6.07, 6.45) is 7.09. The molecule has 4 saturated carbocycles. The molecular formula is C47H41N. The van der Waals surface area contributed by atoms with E-state index in [-0.39, 0.29) is 10.8 Å². The molecular weight excluding hydrogens is 579 g/mol. The zero-order valence-corrected chi connectivity index (χ0v) is 27.9. The van der Waals surface area contributed by atoms with Crippen LogP contribution in [-0.2, 0) is 10.8 Å². The third-order valence-corrected chi connectivity index (χ3v) is 13.6. The molecule has 1 heteroatoms. The second-order valence-corrected chi connectivity index (χ2v) is 16.2. The van der Waals surface area contributed by atoms with Gasteiger partial charge in [0.15, 0.2) is 0 Å². The average Bonchev–Trinajstić information content (AvgIpc) is 3.54. The highest BCUT2D eigenvalue weighted by atomic mass is 15.1. The Morgan fingerprint density at radius 1 is 0.479 bits per heavy atom. The van der Waals surface area contributed by atoms with E-state index in [2.05, 4.69) is 146 Å². The van der Waals surface area contributed by atoms with E-state index in [1.54, 1.807) is 11.1 Å². The first-order valence-electron chi connectivity index (χ1n) is 18.3. The average molecular weight is 620 g/mol. The lowest BCUT2D eigenvalue weighted by atomic mass is 9.43. The van der Waals surface area contributed by atoms with Gasteiger partial charge in [-0.25, -0.2) is 0 Å². The van der Waals surface area contributed by atoms with Crippen molar-refractivity contribution < 1.29 is 0 Å². The van der Waals surface area contributed by atoms with Crippen molar-refractivity contribution in [3.05, 3.63) is 150 Å². The summed E-state index contributed by atoms with van der Waals surface area (Å²) in [5.74, 6) is 3.37. The molecule has 234 valence electrons. The van der Waals surface area contributed by atoms with Crippen molar-refractivity contribution >= 4 is 27.8 Å². The summed E-state index contributed by atoms with van der Waals surface area (Å²) in [5.41, 5.74) is 15.6. The molecule has 6 aromatic carbocycles. The van der Waals surface area contributed by atoms with Crippen LogP contribution in [-0.4, -0.2) is 0 Å². The van der Waals surface area contributed by atoms with E-state index in [1.807, 2.05) is 0 Å². The molecule has 6 aliphatic rings. The molecule has 6 aromatic rings. The quantitative estimate of drug-likeness (QED) is 0.190. The normalized spacial score (nSPS) is 26.4. The molecule has 0 unspecified atom stereocenters. The van der Waals surface area contributed by atoms with E-state index in [0.717, 1.165) is 23.7 Å². The van der Waals surface area contributed by atoms with E-state index in [0.29, 0.717) is 0 Å². The molecule has 0 radical (unpaired) electrons. The number of nitrogens with zero attached hydrogens (tertiary/aromatic N) is 1. The molecule has 1 spiro atoms. The minimum absolute atomic E-state index is 0.0628. The van der Waals surface area contributed by atoms with Gasteiger partial charge in [-0.05, 0) is 136 Å². The molecule has 6 aliphatic carbocycles. The molecule has 12 rings (SSSR count). The van der Waals surface area contributed by atoms with Gasteiger partial charge in [-0.2, -0.15) is 0 Å². The number of hydrogen-bond acceptors (Lipinski definition) is 1. The fourth-order valence-corrected chi connectivity index (χ4v) is 11.9. The van der Waals surface area contributed by atoms with E-state index < -0.39 is 0 Å². The molecule has 1 nitrogen and oxygen atoms in total. The molecule has 4 fully saturated rings. The first-order chi connectivity index (χ1) is 23.5. The standard InChI is InChI=1S/C47H41N/c1-46(2)40-14-7-5-12-37(40)38-21-20-36(28-43(38)46)48(35-19-18-31-10-3-4-11-32(31)27-35)44-17-9-16-42-45(44)39-13-6-8-15-41(39)47(42)33-23-29-22-30(25-33)26-34(47)24-29/h3-21,27-30,33-34H,22-26H2,1-2H3. The van der Waals surface area contributed by atoms with Crippen molar-refractivity contribution in [3.63, 3.8) is 0 Å². The van der Waals surface area contributed by atoms with Gasteiger partial charge in [0.05, 0.1) is 5.69 Å². The first-order valence-corrected chi connectivity index (χ1v) is 18.3. The molecule has 4 bridgehead atoms. The zero-order valence-electron chi connectivity index (χ0n) is 27.9. The molecule has 0 amide bonds. The number of anilines is 3. The largest absolute Gasteiger partial charge is 0.310 e. The second-order valence-electron chi connectivity index (χ2n) is 16.2. The minimum atomic E-state index is -0.0628. The van der Waals surface area contributed by atoms with Crippen LogP contribution in [0.1, 0.15) is 68.2 Å². The van der Waals surface area contributed by atoms with Gasteiger partial charge in [0.2, 0.25) is 0 Å². The van der Waals surface area contributed by atoms with E-state index in [1.165, 1.54) is 93.3 Å². The van der Waals surface area contributed by atoms with Crippen LogP contribution in [0.5, 0.6) is 0 Å². The van der Waals surface area contributed by atoms with Crippen LogP contribution < -0.4 is 4.90 Å². The third kappa shape index (κ3) is 3.42. The maximum absolute atomic E-state index is 2.59. The van der Waals surface area contributed by atoms with Gasteiger partial charge in [-0.3, -0.25) is 0 Å². The van der Waals surface area contributed by atoms with Gasteiger partial charge < -0.3 is 4.90 Å². The lowest BCUT2D eigenvalue weighted by Crippen LogP contribution is -2.55. The fraction of sp³-hybridized carbons (Fsp3) is 0.277. The smallest absolute Gasteiger partial charge is 0.0543 e. The van der Waals surface area contributed by atoms with Crippen molar-refractivity contribution in [1.82, 2.24) is 0 Å². The summed E-state index contributed by atoms with van der Waals surface area (Å²) >= 11 is 0. The Hall–Kier alpha value is -4.62. The van der Waals surface area contributed by atoms with Crippen molar-refractivity contribution in [2.45, 2.75) is 56.8 Å². The molecule has 0 heterocycles. The molecule has 0 N–H and O–H groups in total. The van der Waals surface area contributed by atoms with E-state index >= 15 is 0 Å². The Balaban J connectivity index is 1.17. The number of benzene rings is 6. The first kappa shape index (κ1) is 27.3. The topological polar surface area (TPSA) is 3.24 Å². The maximum atomic E-state index is 2.59. The lowest BCUT2D eigenvalue weighted by molar-refractivity contribution is -0.0399. The van der Waals surface area contributed by atoms with Gasteiger partial charge in [0.25, 0.3) is 0 Å². The summed E-state index contributed by atoms with van der Waals surface area (Å²) in [6, 6.07) is 49.0. The molecule has 0 aliphatic heterocycles. The number of hydrogen-bond donors (Lipinski definition) is 0. The highest BCUT2D eigenvalue weighted by Gasteiger charge is 2.61. The predicted molar refractivity (Wildman–Crippen MR) is 199 cm³/mol. The Bertz CT molecular complexity index is 2280. The monoisotopic (exact) mass is 619 g/mol. The van der Waals surface area contributed by atoms with Crippen molar-refractivity contribution in [1.29, 1.82) is 0 Å². The Labute approximate surface area is 284 Å². The number of fused-ring (bicyclic) bond motifs is 7. The zero-order chi connectivity index (χ0) is 31.8. The third-order valence-electron chi connectivity index (χ3n) is 13.6. The highest BCUT2D eigenvalue weighted by Crippen LogP contribution is 2.70. The van der Waals surface area contributed by atoms with Crippen molar-refractivity contribution in [3.8, 4) is 22.3 Å². The predicted octanol–water partition coefficient (Wildman–Crippen LogP) is 12.3. The maximum Gasteiger partial charge on any atom is 0.0543 e. The van der Waals surface area contributed by atoms with Crippen molar-refractivity contribution in [2.24, 2.45) is 23.7 Å². The Morgan fingerprint density at radius 2 is 1.08 bits per heavy atom. The van der Waals surface area contributed by atoms with E-state index in [4.69, 9.17) is 0 Å². The molecule has 48 heavy (non-hydrogen) atoms. The Kier molecular flexibility index (Phi) is 5.41. The van der Waals surface area contributed by atoms with Gasteiger partial charge in [-0.15, -0.1) is 0 Å².